The zero-order valence-corrected chi connectivity index (χ0v) is 16.4. The second-order valence-corrected chi connectivity index (χ2v) is 6.91. The summed E-state index contributed by atoms with van der Waals surface area (Å²) in [6.45, 7) is 0.668. The van der Waals surface area contributed by atoms with Gasteiger partial charge in [0.1, 0.15) is 18.0 Å². The van der Waals surface area contributed by atoms with Crippen LogP contribution < -0.4 is 5.32 Å². The van der Waals surface area contributed by atoms with E-state index in [0.717, 1.165) is 23.5 Å². The van der Waals surface area contributed by atoms with Crippen molar-refractivity contribution in [2.75, 3.05) is 11.9 Å². The van der Waals surface area contributed by atoms with E-state index < -0.39 is 0 Å². The average Bonchev–Trinajstić information content (AvgIpc) is 3.47. The third-order valence-electron chi connectivity index (χ3n) is 4.77. The molecule has 0 aliphatic rings. The Morgan fingerprint density at radius 2 is 1.81 bits per heavy atom. The lowest BCUT2D eigenvalue weighted by Gasteiger charge is -2.09. The van der Waals surface area contributed by atoms with Gasteiger partial charge in [0, 0.05) is 30.2 Å². The van der Waals surface area contributed by atoms with Gasteiger partial charge >= 0.3 is 0 Å². The minimum absolute atomic E-state index is 0.299. The van der Waals surface area contributed by atoms with Crippen molar-refractivity contribution in [1.29, 1.82) is 0 Å². The van der Waals surface area contributed by atoms with Crippen LogP contribution in [0.2, 0.25) is 0 Å². The highest BCUT2D eigenvalue weighted by Gasteiger charge is 2.11. The van der Waals surface area contributed by atoms with Crippen LogP contribution in [0.25, 0.3) is 28.4 Å². The number of fused-ring (bicyclic) bond motifs is 1. The summed E-state index contributed by atoms with van der Waals surface area (Å²) in [6.07, 6.45) is 2.86. The largest absolute Gasteiger partial charge is 0.370 e. The fourth-order valence-electron chi connectivity index (χ4n) is 3.22. The molecule has 3 heterocycles. The summed E-state index contributed by atoms with van der Waals surface area (Å²) in [5.41, 5.74) is 2.55. The van der Waals surface area contributed by atoms with E-state index in [1.54, 1.807) is 16.6 Å². The lowest BCUT2D eigenvalue weighted by atomic mass is 10.1. The molecule has 8 nitrogen and oxygen atoms in total. The summed E-state index contributed by atoms with van der Waals surface area (Å²) in [6, 6.07) is 17.9. The summed E-state index contributed by atoms with van der Waals surface area (Å²) in [4.78, 5) is 13.2. The van der Waals surface area contributed by atoms with Crippen LogP contribution in [0, 0.1) is 5.82 Å². The van der Waals surface area contributed by atoms with Crippen LogP contribution >= 0.6 is 0 Å². The van der Waals surface area contributed by atoms with E-state index in [4.69, 9.17) is 4.52 Å². The van der Waals surface area contributed by atoms with Gasteiger partial charge < -0.3 is 9.84 Å². The van der Waals surface area contributed by atoms with Gasteiger partial charge in [-0.25, -0.2) is 9.37 Å². The standard InChI is InChI=1S/C22H18FN7O/c23-17-10-8-16(9-11-17)21-28-20(31-29-21)7-4-12-24-19-13-18(15-5-2-1-3-6-15)27-22-25-14-26-30(19)22/h1-3,5-6,8-11,13-14,24H,4,7,12H2. The van der Waals surface area contributed by atoms with E-state index in [1.165, 1.54) is 18.5 Å². The first-order valence-electron chi connectivity index (χ1n) is 9.85. The molecule has 9 heteroatoms. The second kappa shape index (κ2) is 8.31. The molecule has 31 heavy (non-hydrogen) atoms. The van der Waals surface area contributed by atoms with Gasteiger partial charge in [-0.1, -0.05) is 35.5 Å². The first kappa shape index (κ1) is 18.9. The van der Waals surface area contributed by atoms with E-state index in [2.05, 4.69) is 30.5 Å². The van der Waals surface area contributed by atoms with E-state index in [1.807, 2.05) is 36.4 Å². The molecule has 0 saturated heterocycles. The van der Waals surface area contributed by atoms with E-state index in [9.17, 15) is 4.39 Å². The summed E-state index contributed by atoms with van der Waals surface area (Å²) in [5.74, 6) is 2.02. The van der Waals surface area contributed by atoms with Gasteiger partial charge in [-0.05, 0) is 30.7 Å². The fraction of sp³-hybridized carbons (Fsp3) is 0.136. The number of aryl methyl sites for hydroxylation is 1. The van der Waals surface area contributed by atoms with Gasteiger partial charge in [0.25, 0.3) is 5.78 Å². The molecular formula is C22H18FN7O. The summed E-state index contributed by atoms with van der Waals surface area (Å²) >= 11 is 0. The Morgan fingerprint density at radius 1 is 0.968 bits per heavy atom. The number of hydrogen-bond acceptors (Lipinski definition) is 7. The van der Waals surface area contributed by atoms with Crippen molar-refractivity contribution in [1.82, 2.24) is 29.7 Å². The van der Waals surface area contributed by atoms with Crippen LogP contribution in [-0.2, 0) is 6.42 Å². The van der Waals surface area contributed by atoms with E-state index in [-0.39, 0.29) is 5.82 Å². The lowest BCUT2D eigenvalue weighted by molar-refractivity contribution is 0.377. The van der Waals surface area contributed by atoms with Crippen LogP contribution in [-0.4, -0.2) is 36.3 Å². The average molecular weight is 415 g/mol. The number of anilines is 1. The van der Waals surface area contributed by atoms with Crippen molar-refractivity contribution in [3.05, 3.63) is 78.7 Å². The van der Waals surface area contributed by atoms with E-state index in [0.29, 0.717) is 36.0 Å². The molecule has 0 fully saturated rings. The number of aromatic nitrogens is 6. The molecule has 0 radical (unpaired) electrons. The summed E-state index contributed by atoms with van der Waals surface area (Å²) < 4.78 is 20.1. The molecule has 0 bridgehead atoms. The van der Waals surface area contributed by atoms with Crippen molar-refractivity contribution in [2.24, 2.45) is 0 Å². The minimum atomic E-state index is -0.299. The highest BCUT2D eigenvalue weighted by molar-refractivity contribution is 5.65. The van der Waals surface area contributed by atoms with Crippen molar-refractivity contribution in [2.45, 2.75) is 12.8 Å². The normalized spacial score (nSPS) is 11.1. The predicted molar refractivity (Wildman–Crippen MR) is 113 cm³/mol. The maximum Gasteiger partial charge on any atom is 0.254 e. The molecular weight excluding hydrogens is 397 g/mol. The maximum absolute atomic E-state index is 13.1. The van der Waals surface area contributed by atoms with Gasteiger partial charge in [0.2, 0.25) is 11.7 Å². The monoisotopic (exact) mass is 415 g/mol. The molecule has 5 aromatic rings. The minimum Gasteiger partial charge on any atom is -0.370 e. The van der Waals surface area contributed by atoms with Crippen molar-refractivity contribution in [3.8, 4) is 22.6 Å². The Labute approximate surface area is 176 Å². The molecule has 0 spiro atoms. The number of rotatable bonds is 7. The number of benzene rings is 2. The molecule has 3 aromatic heterocycles. The van der Waals surface area contributed by atoms with Gasteiger partial charge in [0.15, 0.2) is 0 Å². The third-order valence-corrected chi connectivity index (χ3v) is 4.77. The molecule has 0 atom stereocenters. The summed E-state index contributed by atoms with van der Waals surface area (Å²) in [5, 5.41) is 11.6. The van der Waals surface area contributed by atoms with Crippen LogP contribution in [0.3, 0.4) is 0 Å². The first-order valence-corrected chi connectivity index (χ1v) is 9.85. The Hall–Kier alpha value is -4.14. The van der Waals surface area contributed by atoms with Gasteiger partial charge in [0.05, 0.1) is 5.69 Å². The first-order chi connectivity index (χ1) is 15.3. The van der Waals surface area contributed by atoms with Crippen LogP contribution in [0.1, 0.15) is 12.3 Å². The fourth-order valence-corrected chi connectivity index (χ4v) is 3.22. The Morgan fingerprint density at radius 3 is 2.65 bits per heavy atom. The Kier molecular flexibility index (Phi) is 5.05. The van der Waals surface area contributed by atoms with E-state index >= 15 is 0 Å². The molecule has 0 aliphatic heterocycles. The SMILES string of the molecule is Fc1ccc(-c2noc(CCCNc3cc(-c4ccccc4)nc4ncnn34)n2)cc1. The molecule has 0 amide bonds. The lowest BCUT2D eigenvalue weighted by Crippen LogP contribution is -2.09. The van der Waals surface area contributed by atoms with Crippen LogP contribution in [0.4, 0.5) is 10.2 Å². The maximum atomic E-state index is 13.1. The molecule has 2 aromatic carbocycles. The van der Waals surface area contributed by atoms with Crippen molar-refractivity contribution >= 4 is 11.6 Å². The Balaban J connectivity index is 1.25. The molecule has 0 aliphatic carbocycles. The number of nitrogens with zero attached hydrogens (tertiary/aromatic N) is 6. The molecule has 0 saturated carbocycles. The van der Waals surface area contributed by atoms with Crippen LogP contribution in [0.5, 0.6) is 0 Å². The zero-order chi connectivity index (χ0) is 21.0. The van der Waals surface area contributed by atoms with Crippen molar-refractivity contribution < 1.29 is 8.91 Å². The number of nitrogens with one attached hydrogen (secondary N) is 1. The smallest absolute Gasteiger partial charge is 0.254 e. The third kappa shape index (κ3) is 4.11. The Bertz CT molecular complexity index is 1300. The number of hydrogen-bond donors (Lipinski definition) is 1. The topological polar surface area (TPSA) is 94.0 Å². The van der Waals surface area contributed by atoms with Gasteiger partial charge in [-0.3, -0.25) is 0 Å². The second-order valence-electron chi connectivity index (χ2n) is 6.91. The van der Waals surface area contributed by atoms with Crippen molar-refractivity contribution in [3.63, 3.8) is 0 Å². The molecule has 5 rings (SSSR count). The highest BCUT2D eigenvalue weighted by Crippen LogP contribution is 2.21. The number of halogens is 1. The van der Waals surface area contributed by atoms with Gasteiger partial charge in [-0.2, -0.15) is 19.6 Å². The molecule has 154 valence electrons. The highest BCUT2D eigenvalue weighted by atomic mass is 19.1. The predicted octanol–water partition coefficient (Wildman–Crippen LogP) is 4.03. The molecule has 0 unspecified atom stereocenters. The quantitative estimate of drug-likeness (QED) is 0.401. The zero-order valence-electron chi connectivity index (χ0n) is 16.4. The van der Waals surface area contributed by atoms with Gasteiger partial charge in [-0.15, -0.1) is 0 Å². The van der Waals surface area contributed by atoms with Crippen LogP contribution in [0.15, 0.2) is 71.5 Å². The molecule has 1 N–H and O–H groups in total. The summed E-state index contributed by atoms with van der Waals surface area (Å²) in [7, 11) is 0.